The lowest BCUT2D eigenvalue weighted by Crippen LogP contribution is -2.31. The second kappa shape index (κ2) is 5.09. The minimum atomic E-state index is -0.763. The molecule has 0 bridgehead atoms. The summed E-state index contributed by atoms with van der Waals surface area (Å²) in [5.41, 5.74) is -2.45. The number of rotatable bonds is 2. The van der Waals surface area contributed by atoms with Gasteiger partial charge in [0.2, 0.25) is 0 Å². The SMILES string of the molecule is O=c1cnn(-c2ccccc2-c2n[nH]c(=O)[nH]c2=O)c(=O)[nH]1. The molecule has 0 aliphatic rings. The summed E-state index contributed by atoms with van der Waals surface area (Å²) in [6.07, 6.45) is 0.933. The van der Waals surface area contributed by atoms with E-state index in [1.807, 2.05) is 4.98 Å². The highest BCUT2D eigenvalue weighted by molar-refractivity contribution is 5.68. The first-order valence-corrected chi connectivity index (χ1v) is 6.04. The quantitative estimate of drug-likeness (QED) is 0.517. The van der Waals surface area contributed by atoms with Crippen LogP contribution < -0.4 is 22.5 Å². The van der Waals surface area contributed by atoms with Crippen LogP contribution in [0.4, 0.5) is 0 Å². The molecule has 0 unspecified atom stereocenters. The molecule has 110 valence electrons. The molecule has 1 aromatic carbocycles. The Morgan fingerprint density at radius 3 is 2.50 bits per heavy atom. The Morgan fingerprint density at radius 2 is 1.77 bits per heavy atom. The van der Waals surface area contributed by atoms with Gasteiger partial charge in [-0.2, -0.15) is 14.9 Å². The molecule has 10 heteroatoms. The molecule has 0 saturated carbocycles. The standard InChI is InChI=1S/C12H8N6O4/c19-8-5-13-18(12(22)14-8)7-4-2-1-3-6(7)9-10(20)15-11(21)17-16-9/h1-5H,(H,14,19,22)(H2,15,17,20,21). The first-order chi connectivity index (χ1) is 10.6. The molecule has 2 aromatic heterocycles. The van der Waals surface area contributed by atoms with Gasteiger partial charge >= 0.3 is 11.4 Å². The Kier molecular flexibility index (Phi) is 3.10. The summed E-state index contributed by atoms with van der Waals surface area (Å²) in [6, 6.07) is 6.30. The van der Waals surface area contributed by atoms with Gasteiger partial charge in [-0.15, -0.1) is 0 Å². The summed E-state index contributed by atoms with van der Waals surface area (Å²) >= 11 is 0. The normalized spacial score (nSPS) is 10.5. The van der Waals surface area contributed by atoms with E-state index in [4.69, 9.17) is 0 Å². The van der Waals surface area contributed by atoms with Crippen LogP contribution in [0.1, 0.15) is 0 Å². The lowest BCUT2D eigenvalue weighted by Gasteiger charge is -2.08. The number of nitrogens with zero attached hydrogens (tertiary/aromatic N) is 3. The molecule has 10 nitrogen and oxygen atoms in total. The number of hydrogen-bond donors (Lipinski definition) is 3. The lowest BCUT2D eigenvalue weighted by atomic mass is 10.1. The third kappa shape index (κ3) is 2.28. The monoisotopic (exact) mass is 300 g/mol. The van der Waals surface area contributed by atoms with Crippen LogP contribution in [-0.2, 0) is 0 Å². The average Bonchev–Trinajstić information content (AvgIpc) is 2.48. The molecular formula is C12H8N6O4. The van der Waals surface area contributed by atoms with E-state index in [9.17, 15) is 19.2 Å². The Labute approximate surface area is 120 Å². The fraction of sp³-hybridized carbons (Fsp3) is 0. The van der Waals surface area contributed by atoms with E-state index in [0.717, 1.165) is 10.9 Å². The van der Waals surface area contributed by atoms with Crippen molar-refractivity contribution < 1.29 is 0 Å². The van der Waals surface area contributed by atoms with Crippen LogP contribution in [0.3, 0.4) is 0 Å². The summed E-state index contributed by atoms with van der Waals surface area (Å²) in [5, 5.41) is 9.53. The van der Waals surface area contributed by atoms with E-state index >= 15 is 0 Å². The van der Waals surface area contributed by atoms with Crippen LogP contribution in [0.5, 0.6) is 0 Å². The number of nitrogens with one attached hydrogen (secondary N) is 3. The number of para-hydroxylation sites is 1. The van der Waals surface area contributed by atoms with Crippen molar-refractivity contribution in [2.75, 3.05) is 0 Å². The number of H-pyrrole nitrogens is 3. The maximum atomic E-state index is 11.9. The molecule has 0 aliphatic carbocycles. The summed E-state index contributed by atoms with van der Waals surface area (Å²) in [6.45, 7) is 0. The summed E-state index contributed by atoms with van der Waals surface area (Å²) in [7, 11) is 0. The number of benzene rings is 1. The van der Waals surface area contributed by atoms with Crippen molar-refractivity contribution in [2.45, 2.75) is 0 Å². The van der Waals surface area contributed by atoms with Gasteiger partial charge in [-0.25, -0.2) is 14.7 Å². The topological polar surface area (TPSA) is 146 Å². The van der Waals surface area contributed by atoms with Gasteiger partial charge in [0.05, 0.1) is 5.69 Å². The molecule has 0 saturated heterocycles. The highest BCUT2D eigenvalue weighted by Gasteiger charge is 2.14. The molecule has 3 aromatic rings. The third-order valence-electron chi connectivity index (χ3n) is 2.81. The lowest BCUT2D eigenvalue weighted by molar-refractivity contribution is 0.749. The van der Waals surface area contributed by atoms with Gasteiger partial charge in [-0.05, 0) is 6.07 Å². The second-order valence-corrected chi connectivity index (χ2v) is 4.22. The maximum Gasteiger partial charge on any atom is 0.349 e. The molecular weight excluding hydrogens is 292 g/mol. The zero-order valence-corrected chi connectivity index (χ0v) is 10.9. The largest absolute Gasteiger partial charge is 0.349 e. The fourth-order valence-electron chi connectivity index (χ4n) is 1.91. The molecule has 22 heavy (non-hydrogen) atoms. The van der Waals surface area contributed by atoms with Crippen molar-refractivity contribution in [1.82, 2.24) is 29.9 Å². The Balaban J connectivity index is 2.32. The maximum absolute atomic E-state index is 11.9. The Bertz CT molecular complexity index is 987. The van der Waals surface area contributed by atoms with Gasteiger partial charge < -0.3 is 0 Å². The van der Waals surface area contributed by atoms with Crippen LogP contribution in [0.15, 0.2) is 49.6 Å². The van der Waals surface area contributed by atoms with E-state index in [1.54, 1.807) is 12.1 Å². The minimum Gasteiger partial charge on any atom is -0.271 e. The first-order valence-electron chi connectivity index (χ1n) is 6.04. The van der Waals surface area contributed by atoms with Gasteiger partial charge in [0, 0.05) is 5.56 Å². The van der Waals surface area contributed by atoms with Crippen LogP contribution >= 0.6 is 0 Å². The molecule has 0 atom stereocenters. The fourth-order valence-corrected chi connectivity index (χ4v) is 1.91. The zero-order chi connectivity index (χ0) is 15.7. The number of aromatic amines is 3. The molecule has 0 aliphatic heterocycles. The Morgan fingerprint density at radius 1 is 1.00 bits per heavy atom. The predicted molar refractivity (Wildman–Crippen MR) is 74.9 cm³/mol. The number of aromatic nitrogens is 6. The molecule has 0 radical (unpaired) electrons. The molecule has 3 N–H and O–H groups in total. The van der Waals surface area contributed by atoms with Crippen LogP contribution in [-0.4, -0.2) is 29.9 Å². The van der Waals surface area contributed by atoms with E-state index in [0.29, 0.717) is 0 Å². The molecule has 0 amide bonds. The molecule has 3 rings (SSSR count). The van der Waals surface area contributed by atoms with E-state index < -0.39 is 22.5 Å². The minimum absolute atomic E-state index is 0.0879. The van der Waals surface area contributed by atoms with Crippen molar-refractivity contribution in [3.63, 3.8) is 0 Å². The van der Waals surface area contributed by atoms with Crippen molar-refractivity contribution in [2.24, 2.45) is 0 Å². The van der Waals surface area contributed by atoms with Gasteiger partial charge in [0.1, 0.15) is 6.20 Å². The van der Waals surface area contributed by atoms with Gasteiger partial charge in [0.25, 0.3) is 11.1 Å². The third-order valence-corrected chi connectivity index (χ3v) is 2.81. The zero-order valence-electron chi connectivity index (χ0n) is 10.9. The van der Waals surface area contributed by atoms with E-state index in [2.05, 4.69) is 20.3 Å². The molecule has 2 heterocycles. The van der Waals surface area contributed by atoms with Gasteiger partial charge in [-0.1, -0.05) is 18.2 Å². The van der Waals surface area contributed by atoms with Crippen molar-refractivity contribution in [1.29, 1.82) is 0 Å². The Hall–Kier alpha value is -3.56. The van der Waals surface area contributed by atoms with E-state index in [1.165, 1.54) is 12.1 Å². The summed E-state index contributed by atoms with van der Waals surface area (Å²) in [4.78, 5) is 49.9. The smallest absolute Gasteiger partial charge is 0.271 e. The number of hydrogen-bond acceptors (Lipinski definition) is 6. The van der Waals surface area contributed by atoms with Crippen LogP contribution in [0.25, 0.3) is 16.9 Å². The molecule has 0 fully saturated rings. The summed E-state index contributed by atoms with van der Waals surface area (Å²) < 4.78 is 0.920. The van der Waals surface area contributed by atoms with Crippen LogP contribution in [0, 0.1) is 0 Å². The first kappa shape index (κ1) is 13.4. The summed E-state index contributed by atoms with van der Waals surface area (Å²) in [5.74, 6) is 0. The van der Waals surface area contributed by atoms with Gasteiger partial charge in [-0.3, -0.25) is 19.6 Å². The van der Waals surface area contributed by atoms with Crippen LogP contribution in [0.2, 0.25) is 0 Å². The molecule has 0 spiro atoms. The van der Waals surface area contributed by atoms with E-state index in [-0.39, 0.29) is 16.9 Å². The van der Waals surface area contributed by atoms with Crippen molar-refractivity contribution in [3.05, 3.63) is 72.1 Å². The van der Waals surface area contributed by atoms with Crippen molar-refractivity contribution in [3.8, 4) is 16.9 Å². The highest BCUT2D eigenvalue weighted by Crippen LogP contribution is 2.19. The predicted octanol–water partition coefficient (Wildman–Crippen LogP) is -1.64. The van der Waals surface area contributed by atoms with Crippen molar-refractivity contribution >= 4 is 0 Å². The second-order valence-electron chi connectivity index (χ2n) is 4.22. The highest BCUT2D eigenvalue weighted by atomic mass is 16.2. The van der Waals surface area contributed by atoms with Gasteiger partial charge in [0.15, 0.2) is 5.69 Å². The average molecular weight is 300 g/mol.